The van der Waals surface area contributed by atoms with Crippen molar-refractivity contribution in [2.24, 2.45) is 0 Å². The molecular weight excluding hydrogens is 266 g/mol. The van der Waals surface area contributed by atoms with Gasteiger partial charge in [-0.2, -0.15) is 0 Å². The normalized spacial score (nSPS) is 10.3. The highest BCUT2D eigenvalue weighted by Gasteiger charge is 2.14. The average molecular weight is 278 g/mol. The lowest BCUT2D eigenvalue weighted by Gasteiger charge is -2.08. The standard InChI is InChI=1S/C14H12F2N2O2/c1-8-11(5-10(17)6-18-8)14(19)20-7-9-3-2-4-12(15)13(9)16/h2-6H,7,17H2,1H3. The molecule has 0 saturated carbocycles. The number of aromatic nitrogens is 1. The molecule has 1 aromatic carbocycles. The van der Waals surface area contributed by atoms with E-state index >= 15 is 0 Å². The summed E-state index contributed by atoms with van der Waals surface area (Å²) in [5, 5.41) is 0. The molecule has 0 atom stereocenters. The number of halogens is 2. The quantitative estimate of drug-likeness (QED) is 0.876. The van der Waals surface area contributed by atoms with Crippen LogP contribution in [-0.4, -0.2) is 11.0 Å². The van der Waals surface area contributed by atoms with Gasteiger partial charge in [0.15, 0.2) is 11.6 Å². The number of nitrogen functional groups attached to an aromatic ring is 1. The Morgan fingerprint density at radius 2 is 2.15 bits per heavy atom. The van der Waals surface area contributed by atoms with Gasteiger partial charge in [-0.15, -0.1) is 0 Å². The van der Waals surface area contributed by atoms with E-state index in [4.69, 9.17) is 10.5 Å². The minimum absolute atomic E-state index is 0.0344. The Balaban J connectivity index is 2.13. The molecule has 2 aromatic rings. The Kier molecular flexibility index (Phi) is 3.93. The Labute approximate surface area is 114 Å². The van der Waals surface area contributed by atoms with Crippen LogP contribution in [0.3, 0.4) is 0 Å². The molecule has 6 heteroatoms. The van der Waals surface area contributed by atoms with Crippen LogP contribution in [-0.2, 0) is 11.3 Å². The van der Waals surface area contributed by atoms with Crippen LogP contribution in [0.2, 0.25) is 0 Å². The maximum atomic E-state index is 13.4. The molecule has 2 N–H and O–H groups in total. The van der Waals surface area contributed by atoms with E-state index in [1.807, 2.05) is 0 Å². The zero-order chi connectivity index (χ0) is 14.7. The number of pyridine rings is 1. The minimum atomic E-state index is -1.03. The highest BCUT2D eigenvalue weighted by atomic mass is 19.2. The second-order valence-electron chi connectivity index (χ2n) is 4.19. The molecule has 0 radical (unpaired) electrons. The topological polar surface area (TPSA) is 65.2 Å². The van der Waals surface area contributed by atoms with Crippen molar-refractivity contribution in [2.45, 2.75) is 13.5 Å². The van der Waals surface area contributed by atoms with Gasteiger partial charge in [0.25, 0.3) is 0 Å². The van der Waals surface area contributed by atoms with Gasteiger partial charge >= 0.3 is 5.97 Å². The number of hydrogen-bond acceptors (Lipinski definition) is 4. The van der Waals surface area contributed by atoms with Crippen molar-refractivity contribution in [3.63, 3.8) is 0 Å². The number of anilines is 1. The molecule has 0 aliphatic rings. The van der Waals surface area contributed by atoms with Crippen LogP contribution in [0.25, 0.3) is 0 Å². The van der Waals surface area contributed by atoms with Crippen LogP contribution in [0.5, 0.6) is 0 Å². The molecular formula is C14H12F2N2O2. The summed E-state index contributed by atoms with van der Waals surface area (Å²) in [6, 6.07) is 5.10. The number of nitrogens with two attached hydrogens (primary N) is 1. The van der Waals surface area contributed by atoms with E-state index in [0.717, 1.165) is 6.07 Å². The third kappa shape index (κ3) is 2.90. The fourth-order valence-electron chi connectivity index (χ4n) is 1.64. The monoisotopic (exact) mass is 278 g/mol. The first-order valence-corrected chi connectivity index (χ1v) is 5.81. The molecule has 0 aliphatic carbocycles. The molecule has 4 nitrogen and oxygen atoms in total. The van der Waals surface area contributed by atoms with E-state index in [0.29, 0.717) is 11.4 Å². The van der Waals surface area contributed by atoms with Gasteiger partial charge in [-0.3, -0.25) is 4.98 Å². The molecule has 104 valence electrons. The van der Waals surface area contributed by atoms with Crippen LogP contribution in [0.1, 0.15) is 21.6 Å². The molecule has 0 bridgehead atoms. The van der Waals surface area contributed by atoms with Gasteiger partial charge in [0.05, 0.1) is 23.1 Å². The first kappa shape index (κ1) is 13.9. The summed E-state index contributed by atoms with van der Waals surface area (Å²) in [5.74, 6) is -2.70. The summed E-state index contributed by atoms with van der Waals surface area (Å²) >= 11 is 0. The molecule has 0 aliphatic heterocycles. The number of carbonyl (C=O) groups is 1. The molecule has 1 aromatic heterocycles. The van der Waals surface area contributed by atoms with Crippen molar-refractivity contribution in [1.29, 1.82) is 0 Å². The minimum Gasteiger partial charge on any atom is -0.457 e. The van der Waals surface area contributed by atoms with Gasteiger partial charge in [-0.1, -0.05) is 12.1 Å². The zero-order valence-corrected chi connectivity index (χ0v) is 10.7. The van der Waals surface area contributed by atoms with Gasteiger partial charge in [0.1, 0.15) is 6.61 Å². The molecule has 0 spiro atoms. The summed E-state index contributed by atoms with van der Waals surface area (Å²) in [6.45, 7) is 1.26. The summed E-state index contributed by atoms with van der Waals surface area (Å²) in [5.41, 5.74) is 6.47. The van der Waals surface area contributed by atoms with E-state index in [1.165, 1.54) is 24.4 Å². The molecule has 2 rings (SSSR count). The number of rotatable bonds is 3. The van der Waals surface area contributed by atoms with E-state index < -0.39 is 17.6 Å². The van der Waals surface area contributed by atoms with Gasteiger partial charge in [-0.05, 0) is 19.1 Å². The van der Waals surface area contributed by atoms with Crippen LogP contribution in [0.4, 0.5) is 14.5 Å². The summed E-state index contributed by atoms with van der Waals surface area (Å²) in [4.78, 5) is 15.8. The van der Waals surface area contributed by atoms with Crippen molar-refractivity contribution >= 4 is 11.7 Å². The average Bonchev–Trinajstić information content (AvgIpc) is 2.43. The molecule has 0 fully saturated rings. The number of nitrogens with zero attached hydrogens (tertiary/aromatic N) is 1. The van der Waals surface area contributed by atoms with Gasteiger partial charge < -0.3 is 10.5 Å². The predicted octanol–water partition coefficient (Wildman–Crippen LogP) is 2.61. The summed E-state index contributed by atoms with van der Waals surface area (Å²) < 4.78 is 31.3. The van der Waals surface area contributed by atoms with Crippen molar-refractivity contribution in [3.8, 4) is 0 Å². The van der Waals surface area contributed by atoms with Gasteiger partial charge in [0, 0.05) is 5.56 Å². The highest BCUT2D eigenvalue weighted by molar-refractivity contribution is 5.91. The number of carbonyl (C=O) groups excluding carboxylic acids is 1. The van der Waals surface area contributed by atoms with Crippen LogP contribution < -0.4 is 5.73 Å². The number of ether oxygens (including phenoxy) is 1. The predicted molar refractivity (Wildman–Crippen MR) is 68.9 cm³/mol. The van der Waals surface area contributed by atoms with E-state index in [9.17, 15) is 13.6 Å². The van der Waals surface area contributed by atoms with Crippen LogP contribution >= 0.6 is 0 Å². The zero-order valence-electron chi connectivity index (χ0n) is 10.7. The summed E-state index contributed by atoms with van der Waals surface area (Å²) in [6.07, 6.45) is 1.42. The second kappa shape index (κ2) is 5.64. The molecule has 0 saturated heterocycles. The number of hydrogen-bond donors (Lipinski definition) is 1. The Hall–Kier alpha value is -2.50. The molecule has 1 heterocycles. The lowest BCUT2D eigenvalue weighted by Crippen LogP contribution is -2.10. The maximum Gasteiger partial charge on any atom is 0.340 e. The maximum absolute atomic E-state index is 13.4. The first-order chi connectivity index (χ1) is 9.49. The van der Waals surface area contributed by atoms with E-state index in [1.54, 1.807) is 6.92 Å². The van der Waals surface area contributed by atoms with Crippen LogP contribution in [0, 0.1) is 18.6 Å². The van der Waals surface area contributed by atoms with E-state index in [-0.39, 0.29) is 17.7 Å². The largest absolute Gasteiger partial charge is 0.457 e. The smallest absolute Gasteiger partial charge is 0.340 e. The SMILES string of the molecule is Cc1ncc(N)cc1C(=O)OCc1cccc(F)c1F. The van der Waals surface area contributed by atoms with Crippen molar-refractivity contribution < 1.29 is 18.3 Å². The first-order valence-electron chi connectivity index (χ1n) is 5.81. The Morgan fingerprint density at radius 3 is 2.90 bits per heavy atom. The lowest BCUT2D eigenvalue weighted by molar-refractivity contribution is 0.0466. The second-order valence-corrected chi connectivity index (χ2v) is 4.19. The third-order valence-corrected chi connectivity index (χ3v) is 2.72. The highest BCUT2D eigenvalue weighted by Crippen LogP contribution is 2.15. The molecule has 20 heavy (non-hydrogen) atoms. The number of esters is 1. The molecule has 0 unspecified atom stereocenters. The fraction of sp³-hybridized carbons (Fsp3) is 0.143. The fourth-order valence-corrected chi connectivity index (χ4v) is 1.64. The molecule has 0 amide bonds. The third-order valence-electron chi connectivity index (χ3n) is 2.72. The summed E-state index contributed by atoms with van der Waals surface area (Å²) in [7, 11) is 0. The van der Waals surface area contributed by atoms with Crippen LogP contribution in [0.15, 0.2) is 30.5 Å². The lowest BCUT2D eigenvalue weighted by atomic mass is 10.2. The number of aryl methyl sites for hydroxylation is 1. The van der Waals surface area contributed by atoms with Crippen molar-refractivity contribution in [1.82, 2.24) is 4.98 Å². The Bertz CT molecular complexity index is 660. The van der Waals surface area contributed by atoms with Gasteiger partial charge in [0.2, 0.25) is 0 Å². The van der Waals surface area contributed by atoms with Crippen molar-refractivity contribution in [2.75, 3.05) is 5.73 Å². The van der Waals surface area contributed by atoms with Crippen molar-refractivity contribution in [3.05, 3.63) is 58.9 Å². The number of benzene rings is 1. The van der Waals surface area contributed by atoms with E-state index in [2.05, 4.69) is 4.98 Å². The van der Waals surface area contributed by atoms with Gasteiger partial charge in [-0.25, -0.2) is 13.6 Å². The Morgan fingerprint density at radius 1 is 1.40 bits per heavy atom.